The number of aromatic amines is 2. The van der Waals surface area contributed by atoms with Crippen molar-refractivity contribution in [1.29, 1.82) is 0 Å². The lowest BCUT2D eigenvalue weighted by molar-refractivity contribution is 0.299. The van der Waals surface area contributed by atoms with E-state index in [2.05, 4.69) is 9.97 Å². The fourth-order valence-electron chi connectivity index (χ4n) is 2.03. The molecule has 20 heavy (non-hydrogen) atoms. The van der Waals surface area contributed by atoms with Crippen molar-refractivity contribution in [3.63, 3.8) is 0 Å². The molecule has 1 aliphatic rings. The minimum Gasteiger partial charge on any atom is -0.493 e. The van der Waals surface area contributed by atoms with Crippen LogP contribution in [0.3, 0.4) is 0 Å². The number of hydrogen-bond acceptors (Lipinski definition) is 3. The quantitative estimate of drug-likeness (QED) is 0.832. The van der Waals surface area contributed by atoms with Gasteiger partial charge in [0.1, 0.15) is 5.75 Å². The highest BCUT2D eigenvalue weighted by Crippen LogP contribution is 2.29. The summed E-state index contributed by atoms with van der Waals surface area (Å²) in [6.45, 7) is 0.794. The zero-order valence-electron chi connectivity index (χ0n) is 11.0. The van der Waals surface area contributed by atoms with Crippen LogP contribution in [-0.2, 0) is 6.42 Å². The van der Waals surface area contributed by atoms with Crippen molar-refractivity contribution in [2.75, 3.05) is 6.61 Å². The monoisotopic (exact) mass is 288 g/mol. The average molecular weight is 288 g/mol. The molecule has 0 spiro atoms. The van der Waals surface area contributed by atoms with Gasteiger partial charge in [0.25, 0.3) is 5.56 Å². The van der Waals surface area contributed by atoms with Crippen LogP contribution in [0, 0.1) is 10.7 Å². The van der Waals surface area contributed by atoms with Crippen molar-refractivity contribution < 1.29 is 4.74 Å². The fraction of sp³-hybridized carbons (Fsp3) is 0.333. The summed E-state index contributed by atoms with van der Waals surface area (Å²) in [5, 5.41) is 0. The molecule has 1 aromatic heterocycles. The van der Waals surface area contributed by atoms with Gasteiger partial charge in [0.05, 0.1) is 6.61 Å². The molecule has 1 fully saturated rings. The summed E-state index contributed by atoms with van der Waals surface area (Å²) in [7, 11) is 0. The Labute approximate surface area is 121 Å². The molecule has 0 bridgehead atoms. The zero-order chi connectivity index (χ0) is 13.9. The topological polar surface area (TPSA) is 57.9 Å². The Morgan fingerprint density at radius 3 is 2.95 bits per heavy atom. The second-order valence-corrected chi connectivity index (χ2v) is 5.58. The van der Waals surface area contributed by atoms with E-state index < -0.39 is 0 Å². The maximum atomic E-state index is 11.8. The van der Waals surface area contributed by atoms with Crippen LogP contribution in [0.2, 0.25) is 0 Å². The van der Waals surface area contributed by atoms with E-state index in [9.17, 15) is 4.79 Å². The van der Waals surface area contributed by atoms with E-state index in [4.69, 9.17) is 17.0 Å². The predicted molar refractivity (Wildman–Crippen MR) is 79.7 cm³/mol. The van der Waals surface area contributed by atoms with Crippen molar-refractivity contribution >= 4 is 12.2 Å². The first kappa shape index (κ1) is 13.1. The molecule has 0 saturated heterocycles. The summed E-state index contributed by atoms with van der Waals surface area (Å²) >= 11 is 4.88. The van der Waals surface area contributed by atoms with Crippen LogP contribution < -0.4 is 10.3 Å². The molecule has 3 rings (SSSR count). The average Bonchev–Trinajstić information content (AvgIpc) is 3.24. The Morgan fingerprint density at radius 1 is 1.35 bits per heavy atom. The van der Waals surface area contributed by atoms with E-state index >= 15 is 0 Å². The number of benzene rings is 1. The van der Waals surface area contributed by atoms with E-state index in [1.54, 1.807) is 6.20 Å². The van der Waals surface area contributed by atoms with Crippen molar-refractivity contribution in [2.24, 2.45) is 5.92 Å². The highest BCUT2D eigenvalue weighted by atomic mass is 32.1. The Morgan fingerprint density at radius 2 is 2.20 bits per heavy atom. The van der Waals surface area contributed by atoms with Gasteiger partial charge in [-0.25, -0.2) is 0 Å². The smallest absolute Gasteiger partial charge is 0.255 e. The van der Waals surface area contributed by atoms with Crippen molar-refractivity contribution in [1.82, 2.24) is 9.97 Å². The summed E-state index contributed by atoms with van der Waals surface area (Å²) < 4.78 is 6.09. The number of nitrogens with one attached hydrogen (secondary N) is 2. The first-order chi connectivity index (χ1) is 9.70. The summed E-state index contributed by atoms with van der Waals surface area (Å²) in [5.41, 5.74) is 1.57. The highest BCUT2D eigenvalue weighted by molar-refractivity contribution is 7.71. The maximum Gasteiger partial charge on any atom is 0.255 e. The van der Waals surface area contributed by atoms with Crippen molar-refractivity contribution in [3.8, 4) is 5.75 Å². The lowest BCUT2D eigenvalue weighted by Gasteiger charge is -2.07. The van der Waals surface area contributed by atoms with Gasteiger partial charge in [-0.1, -0.05) is 12.1 Å². The van der Waals surface area contributed by atoms with Crippen LogP contribution in [0.15, 0.2) is 35.3 Å². The highest BCUT2D eigenvalue weighted by Gasteiger charge is 2.21. The van der Waals surface area contributed by atoms with E-state index in [0.717, 1.165) is 23.8 Å². The molecule has 2 aromatic rings. The van der Waals surface area contributed by atoms with Crippen LogP contribution in [-0.4, -0.2) is 16.6 Å². The van der Waals surface area contributed by atoms with Gasteiger partial charge < -0.3 is 9.72 Å². The fourth-order valence-corrected chi connectivity index (χ4v) is 2.18. The molecule has 0 amide bonds. The SMILES string of the molecule is O=c1[nH]c(=S)[nH]cc1Cc1cccc(OCC2CC2)c1. The van der Waals surface area contributed by atoms with Gasteiger partial charge in [-0.15, -0.1) is 0 Å². The summed E-state index contributed by atoms with van der Waals surface area (Å²) in [5.74, 6) is 1.60. The molecular formula is C15H16N2O2S. The van der Waals surface area contributed by atoms with Crippen LogP contribution in [0.1, 0.15) is 24.0 Å². The molecule has 104 valence electrons. The summed E-state index contributed by atoms with van der Waals surface area (Å²) in [6.07, 6.45) is 4.78. The predicted octanol–water partition coefficient (Wildman–Crippen LogP) is 2.81. The summed E-state index contributed by atoms with van der Waals surface area (Å²) in [4.78, 5) is 17.2. The van der Waals surface area contributed by atoms with Gasteiger partial charge in [0.2, 0.25) is 0 Å². The van der Waals surface area contributed by atoms with Gasteiger partial charge >= 0.3 is 0 Å². The van der Waals surface area contributed by atoms with Crippen molar-refractivity contribution in [3.05, 3.63) is 56.7 Å². The second-order valence-electron chi connectivity index (χ2n) is 5.18. The lowest BCUT2D eigenvalue weighted by Crippen LogP contribution is -2.13. The molecule has 0 radical (unpaired) electrons. The molecular weight excluding hydrogens is 272 g/mol. The summed E-state index contributed by atoms with van der Waals surface area (Å²) in [6, 6.07) is 7.89. The molecule has 0 atom stereocenters. The first-order valence-electron chi connectivity index (χ1n) is 6.73. The van der Waals surface area contributed by atoms with Gasteiger partial charge in [0, 0.05) is 18.2 Å². The number of ether oxygens (including phenoxy) is 1. The van der Waals surface area contributed by atoms with E-state index in [0.29, 0.717) is 16.8 Å². The van der Waals surface area contributed by atoms with Crippen LogP contribution in [0.4, 0.5) is 0 Å². The largest absolute Gasteiger partial charge is 0.493 e. The molecule has 0 unspecified atom stereocenters. The molecule has 1 aliphatic carbocycles. The van der Waals surface area contributed by atoms with Gasteiger partial charge in [-0.3, -0.25) is 9.78 Å². The number of rotatable bonds is 5. The Hall–Kier alpha value is -1.88. The first-order valence-corrected chi connectivity index (χ1v) is 7.14. The lowest BCUT2D eigenvalue weighted by atomic mass is 10.1. The van der Waals surface area contributed by atoms with E-state index in [1.807, 2.05) is 24.3 Å². The van der Waals surface area contributed by atoms with E-state index in [-0.39, 0.29) is 5.56 Å². The number of hydrogen-bond donors (Lipinski definition) is 2. The molecule has 1 heterocycles. The molecule has 2 N–H and O–H groups in total. The molecule has 1 aromatic carbocycles. The van der Waals surface area contributed by atoms with Crippen molar-refractivity contribution in [2.45, 2.75) is 19.3 Å². The normalized spacial score (nSPS) is 14.2. The van der Waals surface area contributed by atoms with Gasteiger partial charge in [-0.05, 0) is 48.7 Å². The molecule has 0 aliphatic heterocycles. The molecule has 4 nitrogen and oxygen atoms in total. The maximum absolute atomic E-state index is 11.8. The van der Waals surface area contributed by atoms with Crippen LogP contribution in [0.5, 0.6) is 5.75 Å². The molecule has 5 heteroatoms. The van der Waals surface area contributed by atoms with Crippen LogP contribution in [0.25, 0.3) is 0 Å². The van der Waals surface area contributed by atoms with Gasteiger partial charge in [0.15, 0.2) is 4.77 Å². The third-order valence-corrected chi connectivity index (χ3v) is 3.59. The standard InChI is InChI=1S/C15H16N2O2S/c18-14-12(8-16-15(20)17-14)6-11-2-1-3-13(7-11)19-9-10-4-5-10/h1-3,7-8,10H,4-6,9H2,(H2,16,17,18,20). The van der Waals surface area contributed by atoms with Gasteiger partial charge in [-0.2, -0.15) is 0 Å². The minimum atomic E-state index is -0.141. The Kier molecular flexibility index (Phi) is 3.69. The second kappa shape index (κ2) is 5.63. The number of H-pyrrole nitrogens is 2. The number of aromatic nitrogens is 2. The van der Waals surface area contributed by atoms with Crippen LogP contribution >= 0.6 is 12.2 Å². The zero-order valence-corrected chi connectivity index (χ0v) is 11.8. The molecule has 1 saturated carbocycles. The third kappa shape index (κ3) is 3.36. The van der Waals surface area contributed by atoms with E-state index in [1.165, 1.54) is 12.8 Å². The minimum absolute atomic E-state index is 0.141. The Bertz CT molecular complexity index is 716. The third-order valence-electron chi connectivity index (χ3n) is 3.37. The Balaban J connectivity index is 1.74.